The molecule has 0 saturated heterocycles. The summed E-state index contributed by atoms with van der Waals surface area (Å²) in [5.41, 5.74) is 6.14. The summed E-state index contributed by atoms with van der Waals surface area (Å²) in [4.78, 5) is 7.55. The van der Waals surface area contributed by atoms with Gasteiger partial charge in [-0.15, -0.1) is 12.4 Å². The average Bonchev–Trinajstić information content (AvgIpc) is 1.64. The topological polar surface area (TPSA) is 51.8 Å². The van der Waals surface area contributed by atoms with Crippen molar-refractivity contribution in [2.45, 2.75) is 6.92 Å². The third-order valence-corrected chi connectivity index (χ3v) is 0.813. The Morgan fingerprint density at radius 3 is 2.56 bits per heavy atom. The molecule has 2 N–H and O–H groups in total. The lowest BCUT2D eigenvalue weighted by molar-refractivity contribution is 1.12. The van der Waals surface area contributed by atoms with Crippen LogP contribution in [0, 0.1) is 6.92 Å². The molecule has 3 nitrogen and oxygen atoms in total. The number of hydrogen-bond acceptors (Lipinski definition) is 3. The van der Waals surface area contributed by atoms with Crippen LogP contribution in [0.4, 0.5) is 5.95 Å². The van der Waals surface area contributed by atoms with Crippen LogP contribution in [-0.4, -0.2) is 9.97 Å². The van der Waals surface area contributed by atoms with E-state index in [9.17, 15) is 0 Å². The molecule has 0 aromatic carbocycles. The Balaban J connectivity index is 0.000000640. The number of nitrogen functional groups attached to an aromatic ring is 1. The quantitative estimate of drug-likeness (QED) is 0.587. The molecule has 0 amide bonds. The Bertz CT molecular complexity index is 172. The molecule has 0 spiro atoms. The van der Waals surface area contributed by atoms with E-state index in [0.29, 0.717) is 5.95 Å². The first kappa shape index (κ1) is 8.17. The van der Waals surface area contributed by atoms with Gasteiger partial charge in [-0.25, -0.2) is 9.97 Å². The highest BCUT2D eigenvalue weighted by Gasteiger charge is 1.84. The largest absolute Gasteiger partial charge is 0.368 e. The summed E-state index contributed by atoms with van der Waals surface area (Å²) in [6.07, 6.45) is 1.64. The molecule has 0 fully saturated rings. The number of nitrogens with zero attached hydrogens (tertiary/aromatic N) is 2. The molecule has 1 aromatic rings. The van der Waals surface area contributed by atoms with Gasteiger partial charge in [-0.1, -0.05) is 0 Å². The molecule has 0 unspecified atom stereocenters. The number of aryl methyl sites for hydroxylation is 1. The molecular formula is C5H8ClN3. The first-order valence-corrected chi connectivity index (χ1v) is 2.34. The van der Waals surface area contributed by atoms with Gasteiger partial charge in [-0.2, -0.15) is 0 Å². The minimum absolute atomic E-state index is 0. The highest BCUT2D eigenvalue weighted by atomic mass is 35.5. The zero-order chi connectivity index (χ0) is 5.98. The van der Waals surface area contributed by atoms with Crippen molar-refractivity contribution in [3.8, 4) is 0 Å². The summed E-state index contributed by atoms with van der Waals surface area (Å²) in [5.74, 6) is 0.338. The second kappa shape index (κ2) is 3.25. The number of halogens is 1. The Hall–Kier alpha value is -0.830. The van der Waals surface area contributed by atoms with Crippen molar-refractivity contribution in [3.05, 3.63) is 18.0 Å². The summed E-state index contributed by atoms with van der Waals surface area (Å²) >= 11 is 0. The van der Waals surface area contributed by atoms with Gasteiger partial charge in [0.25, 0.3) is 0 Å². The molecule has 50 valence electrons. The average molecular weight is 146 g/mol. The van der Waals surface area contributed by atoms with Gasteiger partial charge in [-0.3, -0.25) is 0 Å². The minimum Gasteiger partial charge on any atom is -0.368 e. The molecule has 4 heteroatoms. The molecule has 9 heavy (non-hydrogen) atoms. The van der Waals surface area contributed by atoms with Gasteiger partial charge in [-0.05, 0) is 13.0 Å². The van der Waals surface area contributed by atoms with E-state index in [1.165, 1.54) is 0 Å². The third-order valence-electron chi connectivity index (χ3n) is 0.813. The van der Waals surface area contributed by atoms with Crippen LogP contribution < -0.4 is 5.73 Å². The van der Waals surface area contributed by atoms with Crippen LogP contribution in [0.3, 0.4) is 0 Å². The van der Waals surface area contributed by atoms with Gasteiger partial charge in [0.15, 0.2) is 0 Å². The van der Waals surface area contributed by atoms with Crippen molar-refractivity contribution in [2.24, 2.45) is 0 Å². The van der Waals surface area contributed by atoms with Gasteiger partial charge in [0.1, 0.15) is 0 Å². The van der Waals surface area contributed by atoms with Gasteiger partial charge in [0, 0.05) is 11.9 Å². The smallest absolute Gasteiger partial charge is 0.220 e. The lowest BCUT2D eigenvalue weighted by Gasteiger charge is -1.89. The van der Waals surface area contributed by atoms with E-state index in [1.54, 1.807) is 12.3 Å². The van der Waals surface area contributed by atoms with Crippen LogP contribution in [0.2, 0.25) is 0 Å². The summed E-state index contributed by atoms with van der Waals surface area (Å²) < 4.78 is 0. The normalized spacial score (nSPS) is 8.11. The van der Waals surface area contributed by atoms with Crippen molar-refractivity contribution >= 4 is 18.4 Å². The maximum atomic E-state index is 5.24. The molecule has 0 aliphatic carbocycles. The molecule has 1 rings (SSSR count). The van der Waals surface area contributed by atoms with E-state index in [2.05, 4.69) is 9.97 Å². The molecule has 0 radical (unpaired) electrons. The summed E-state index contributed by atoms with van der Waals surface area (Å²) in [7, 11) is 0. The molecule has 0 aliphatic rings. The zero-order valence-electron chi connectivity index (χ0n) is 5.03. The number of nitrogens with two attached hydrogens (primary N) is 1. The summed E-state index contributed by atoms with van der Waals surface area (Å²) in [6.45, 7) is 1.87. The lowest BCUT2D eigenvalue weighted by Crippen LogP contribution is -1.93. The fraction of sp³-hybridized carbons (Fsp3) is 0.200. The monoisotopic (exact) mass is 145 g/mol. The Kier molecular flexibility index (Phi) is 2.95. The molecular weight excluding hydrogens is 138 g/mol. The van der Waals surface area contributed by atoms with Crippen LogP contribution in [0.25, 0.3) is 0 Å². The Morgan fingerprint density at radius 2 is 2.22 bits per heavy atom. The third kappa shape index (κ3) is 2.28. The summed E-state index contributed by atoms with van der Waals surface area (Å²) in [5, 5.41) is 0. The second-order valence-electron chi connectivity index (χ2n) is 1.56. The van der Waals surface area contributed by atoms with Crippen LogP contribution in [0.15, 0.2) is 12.3 Å². The van der Waals surface area contributed by atoms with E-state index < -0.39 is 0 Å². The molecule has 0 aliphatic heterocycles. The highest BCUT2D eigenvalue weighted by molar-refractivity contribution is 5.85. The number of rotatable bonds is 0. The van der Waals surface area contributed by atoms with Crippen LogP contribution in [-0.2, 0) is 0 Å². The van der Waals surface area contributed by atoms with Crippen LogP contribution >= 0.6 is 12.4 Å². The fourth-order valence-electron chi connectivity index (χ4n) is 0.468. The van der Waals surface area contributed by atoms with Crippen LogP contribution in [0.1, 0.15) is 5.69 Å². The van der Waals surface area contributed by atoms with E-state index in [0.717, 1.165) is 5.69 Å². The number of aromatic nitrogens is 2. The molecule has 1 heterocycles. The van der Waals surface area contributed by atoms with Gasteiger partial charge < -0.3 is 5.73 Å². The molecule has 0 saturated carbocycles. The predicted octanol–water partition coefficient (Wildman–Crippen LogP) is 0.789. The van der Waals surface area contributed by atoms with E-state index in [1.807, 2.05) is 6.92 Å². The first-order chi connectivity index (χ1) is 3.79. The summed E-state index contributed by atoms with van der Waals surface area (Å²) in [6, 6.07) is 1.80. The minimum atomic E-state index is 0. The highest BCUT2D eigenvalue weighted by Crippen LogP contribution is 1.91. The predicted molar refractivity (Wildman–Crippen MR) is 38.4 cm³/mol. The SMILES string of the molecule is Cc1ccnc(N)n1.Cl. The maximum Gasteiger partial charge on any atom is 0.220 e. The van der Waals surface area contributed by atoms with Crippen molar-refractivity contribution in [2.75, 3.05) is 5.73 Å². The van der Waals surface area contributed by atoms with Crippen molar-refractivity contribution < 1.29 is 0 Å². The van der Waals surface area contributed by atoms with E-state index in [-0.39, 0.29) is 12.4 Å². The first-order valence-electron chi connectivity index (χ1n) is 2.34. The molecule has 0 atom stereocenters. The standard InChI is InChI=1S/C5H7N3.ClH/c1-4-2-3-7-5(6)8-4;/h2-3H,1H3,(H2,6,7,8);1H. The number of anilines is 1. The van der Waals surface area contributed by atoms with Gasteiger partial charge in [0.05, 0.1) is 0 Å². The lowest BCUT2D eigenvalue weighted by atomic mass is 10.5. The van der Waals surface area contributed by atoms with Crippen molar-refractivity contribution in [3.63, 3.8) is 0 Å². The van der Waals surface area contributed by atoms with Crippen molar-refractivity contribution in [1.29, 1.82) is 0 Å². The van der Waals surface area contributed by atoms with Crippen LogP contribution in [0.5, 0.6) is 0 Å². The fourth-order valence-corrected chi connectivity index (χ4v) is 0.468. The Morgan fingerprint density at radius 1 is 1.56 bits per heavy atom. The number of hydrogen-bond donors (Lipinski definition) is 1. The Labute approximate surface area is 59.7 Å². The maximum absolute atomic E-state index is 5.24. The second-order valence-corrected chi connectivity index (χ2v) is 1.56. The molecule has 1 aromatic heterocycles. The van der Waals surface area contributed by atoms with Crippen molar-refractivity contribution in [1.82, 2.24) is 9.97 Å². The van der Waals surface area contributed by atoms with E-state index >= 15 is 0 Å². The van der Waals surface area contributed by atoms with Gasteiger partial charge >= 0.3 is 0 Å². The van der Waals surface area contributed by atoms with E-state index in [4.69, 9.17) is 5.73 Å². The van der Waals surface area contributed by atoms with Gasteiger partial charge in [0.2, 0.25) is 5.95 Å². The molecule has 0 bridgehead atoms. The zero-order valence-corrected chi connectivity index (χ0v) is 5.85.